The van der Waals surface area contributed by atoms with Gasteiger partial charge in [0.1, 0.15) is 28.0 Å². The molecule has 0 aliphatic carbocycles. The highest BCUT2D eigenvalue weighted by molar-refractivity contribution is 6.41. The Hall–Kier alpha value is -0.480. The Morgan fingerprint density at radius 3 is 2.45 bits per heavy atom. The predicted molar refractivity (Wildman–Crippen MR) is 39.3 cm³/mol. The second-order valence-corrected chi connectivity index (χ2v) is 2.55. The highest BCUT2D eigenvalue weighted by Gasteiger charge is 2.42. The molecule has 0 amide bonds. The van der Waals surface area contributed by atoms with E-state index in [-0.39, 0.29) is 0 Å². The molecule has 1 saturated heterocycles. The van der Waals surface area contributed by atoms with Gasteiger partial charge in [-0.3, -0.25) is 10.1 Å². The van der Waals surface area contributed by atoms with Crippen molar-refractivity contribution in [3.05, 3.63) is 0 Å². The fourth-order valence-corrected chi connectivity index (χ4v) is 1.04. The van der Waals surface area contributed by atoms with Crippen LogP contribution >= 0.6 is 0 Å². The largest absolute Gasteiger partial charge is 0.480 e. The Kier molecular flexibility index (Phi) is 1.98. The standard InChI is InChI=1S/C5H7B2NO3/c1-2-8-3(4(9)10)5(6,7)11-2/h2-3,8H,1H3,(H,9,10). The van der Waals surface area contributed by atoms with Gasteiger partial charge in [0, 0.05) is 5.40 Å². The van der Waals surface area contributed by atoms with Gasteiger partial charge in [0.2, 0.25) is 0 Å². The smallest absolute Gasteiger partial charge is 0.322 e. The third-order valence-corrected chi connectivity index (χ3v) is 1.48. The highest BCUT2D eigenvalue weighted by atomic mass is 16.5. The Balaban J connectivity index is 2.74. The summed E-state index contributed by atoms with van der Waals surface area (Å²) in [6, 6.07) is -1.04. The lowest BCUT2D eigenvalue weighted by Gasteiger charge is -2.22. The van der Waals surface area contributed by atoms with E-state index in [0.29, 0.717) is 0 Å². The molecule has 1 rings (SSSR count). The summed E-state index contributed by atoms with van der Waals surface area (Å²) in [6.45, 7) is 1.64. The summed E-state index contributed by atoms with van der Waals surface area (Å²) in [5.41, 5.74) is 0. The molecule has 4 nitrogen and oxygen atoms in total. The van der Waals surface area contributed by atoms with Crippen LogP contribution in [0.2, 0.25) is 0 Å². The lowest BCUT2D eigenvalue weighted by molar-refractivity contribution is -0.139. The van der Waals surface area contributed by atoms with E-state index in [2.05, 4.69) is 5.32 Å². The average Bonchev–Trinajstić information content (AvgIpc) is 2.04. The van der Waals surface area contributed by atoms with E-state index in [4.69, 9.17) is 25.5 Å². The number of aliphatic carboxylic acids is 1. The molecule has 1 heterocycles. The molecule has 0 spiro atoms. The minimum Gasteiger partial charge on any atom is -0.480 e. The van der Waals surface area contributed by atoms with Crippen LogP contribution in [0.5, 0.6) is 0 Å². The number of hydrogen-bond donors (Lipinski definition) is 2. The highest BCUT2D eigenvalue weighted by Crippen LogP contribution is 2.17. The fourth-order valence-electron chi connectivity index (χ4n) is 1.04. The number of hydrogen-bond acceptors (Lipinski definition) is 3. The molecule has 0 bridgehead atoms. The third kappa shape index (κ3) is 1.57. The first-order valence-corrected chi connectivity index (χ1v) is 3.18. The van der Waals surface area contributed by atoms with Gasteiger partial charge in [-0.15, -0.1) is 0 Å². The minimum absolute atomic E-state index is 0.425. The molecule has 1 aliphatic rings. The van der Waals surface area contributed by atoms with Crippen LogP contribution in [0.1, 0.15) is 6.92 Å². The summed E-state index contributed by atoms with van der Waals surface area (Å²) in [7, 11) is 10.7. The maximum Gasteiger partial charge on any atom is 0.322 e. The number of carboxylic acid groups (broad SMARTS) is 1. The SMILES string of the molecule is [B]C1([B])OC(C)NC1C(=O)O. The number of nitrogens with one attached hydrogen (secondary N) is 1. The van der Waals surface area contributed by atoms with Crippen molar-refractivity contribution in [2.45, 2.75) is 24.6 Å². The Morgan fingerprint density at radius 1 is 1.73 bits per heavy atom. The van der Waals surface area contributed by atoms with E-state index >= 15 is 0 Å². The molecule has 1 aliphatic heterocycles. The number of rotatable bonds is 1. The maximum atomic E-state index is 10.5. The van der Waals surface area contributed by atoms with Gasteiger partial charge >= 0.3 is 5.97 Å². The first-order valence-electron chi connectivity index (χ1n) is 3.18. The monoisotopic (exact) mass is 151 g/mol. The van der Waals surface area contributed by atoms with Crippen molar-refractivity contribution in [1.29, 1.82) is 0 Å². The van der Waals surface area contributed by atoms with E-state index in [1.54, 1.807) is 6.92 Å². The molecular formula is C5H7B2NO3. The van der Waals surface area contributed by atoms with Crippen molar-refractivity contribution in [3.8, 4) is 0 Å². The molecule has 0 aromatic carbocycles. The normalized spacial score (nSPS) is 35.4. The van der Waals surface area contributed by atoms with Crippen molar-refractivity contribution in [3.63, 3.8) is 0 Å². The zero-order valence-electron chi connectivity index (χ0n) is 6.07. The van der Waals surface area contributed by atoms with Crippen LogP contribution in [-0.2, 0) is 9.53 Å². The summed E-state index contributed by atoms with van der Waals surface area (Å²) in [5, 5.41) is 9.53. The van der Waals surface area contributed by atoms with Crippen molar-refractivity contribution < 1.29 is 14.6 Å². The fraction of sp³-hybridized carbons (Fsp3) is 0.800. The van der Waals surface area contributed by atoms with Crippen molar-refractivity contribution in [2.24, 2.45) is 0 Å². The molecule has 2 atom stereocenters. The molecule has 56 valence electrons. The van der Waals surface area contributed by atoms with Gasteiger partial charge in [-0.25, -0.2) is 0 Å². The van der Waals surface area contributed by atoms with Gasteiger partial charge in [0.25, 0.3) is 0 Å². The zero-order valence-corrected chi connectivity index (χ0v) is 6.07. The van der Waals surface area contributed by atoms with E-state index in [9.17, 15) is 4.79 Å². The Bertz CT molecular complexity index is 185. The molecule has 0 aromatic heterocycles. The Morgan fingerprint density at radius 2 is 2.27 bits per heavy atom. The molecule has 6 heteroatoms. The van der Waals surface area contributed by atoms with Gasteiger partial charge in [0.05, 0.1) is 0 Å². The van der Waals surface area contributed by atoms with Crippen molar-refractivity contribution >= 4 is 21.7 Å². The second-order valence-electron chi connectivity index (χ2n) is 2.55. The summed E-state index contributed by atoms with van der Waals surface area (Å²) >= 11 is 0. The molecular weight excluding hydrogens is 144 g/mol. The first kappa shape index (κ1) is 8.61. The number of ether oxygens (including phenoxy) is 1. The van der Waals surface area contributed by atoms with Gasteiger partial charge in [-0.05, 0) is 6.92 Å². The number of carboxylic acids is 1. The van der Waals surface area contributed by atoms with Gasteiger partial charge in [-0.2, -0.15) is 0 Å². The van der Waals surface area contributed by atoms with Crippen LogP contribution in [0, 0.1) is 0 Å². The van der Waals surface area contributed by atoms with Crippen LogP contribution in [0.15, 0.2) is 0 Å². The van der Waals surface area contributed by atoms with Crippen LogP contribution in [-0.4, -0.2) is 44.4 Å². The predicted octanol–water partition coefficient (Wildman–Crippen LogP) is -1.60. The maximum absolute atomic E-state index is 10.5. The van der Waals surface area contributed by atoms with Crippen LogP contribution in [0.3, 0.4) is 0 Å². The summed E-state index contributed by atoms with van der Waals surface area (Å²) in [4.78, 5) is 10.5. The van der Waals surface area contributed by atoms with Gasteiger partial charge < -0.3 is 9.84 Å². The molecule has 2 N–H and O–H groups in total. The summed E-state index contributed by atoms with van der Waals surface area (Å²) in [6.07, 6.45) is -0.425. The van der Waals surface area contributed by atoms with Gasteiger partial charge in [0.15, 0.2) is 0 Å². The van der Waals surface area contributed by atoms with Crippen LogP contribution < -0.4 is 5.32 Å². The van der Waals surface area contributed by atoms with Crippen LogP contribution in [0.4, 0.5) is 0 Å². The second kappa shape index (κ2) is 2.53. The average molecular weight is 151 g/mol. The first-order chi connectivity index (χ1) is 4.93. The van der Waals surface area contributed by atoms with E-state index in [0.717, 1.165) is 0 Å². The van der Waals surface area contributed by atoms with Crippen molar-refractivity contribution in [1.82, 2.24) is 5.32 Å². The van der Waals surface area contributed by atoms with E-state index in [1.165, 1.54) is 0 Å². The molecule has 0 saturated carbocycles. The third-order valence-electron chi connectivity index (χ3n) is 1.48. The lowest BCUT2D eigenvalue weighted by atomic mass is 9.61. The van der Waals surface area contributed by atoms with E-state index in [1.807, 2.05) is 0 Å². The molecule has 11 heavy (non-hydrogen) atoms. The minimum atomic E-state index is -1.61. The van der Waals surface area contributed by atoms with E-state index < -0.39 is 23.6 Å². The van der Waals surface area contributed by atoms with Crippen LogP contribution in [0.25, 0.3) is 0 Å². The summed E-state index contributed by atoms with van der Waals surface area (Å²) in [5.74, 6) is -1.11. The quantitative estimate of drug-likeness (QED) is 0.442. The molecule has 0 aromatic rings. The molecule has 2 unspecified atom stereocenters. The topological polar surface area (TPSA) is 58.6 Å². The molecule has 4 radical (unpaired) electrons. The summed E-state index contributed by atoms with van der Waals surface area (Å²) < 4.78 is 4.89. The lowest BCUT2D eigenvalue weighted by Crippen LogP contribution is -2.50. The van der Waals surface area contributed by atoms with Gasteiger partial charge in [-0.1, -0.05) is 0 Å². The molecule has 1 fully saturated rings. The van der Waals surface area contributed by atoms with Crippen molar-refractivity contribution in [2.75, 3.05) is 0 Å². The zero-order chi connectivity index (χ0) is 8.65. The Labute approximate surface area is 67.1 Å². The number of carbonyl (C=O) groups is 1.